The normalized spacial score (nSPS) is 26.4. The van der Waals surface area contributed by atoms with Crippen LogP contribution in [-0.4, -0.2) is 52.6 Å². The van der Waals surface area contributed by atoms with Gasteiger partial charge in [-0.1, -0.05) is 5.16 Å². The van der Waals surface area contributed by atoms with Crippen molar-refractivity contribution in [1.82, 2.24) is 15.0 Å². The standard InChI is InChI=1S/C10H17N3O3/c1-7-11-10(16-12-7)5-13-4-9(15-2)3-8(13)6-14/h8-9,14H,3-6H2,1-2H3/t8-,9+/m0/s1. The number of rotatable bonds is 4. The molecule has 0 aliphatic carbocycles. The van der Waals surface area contributed by atoms with Gasteiger partial charge in [0.15, 0.2) is 5.82 Å². The summed E-state index contributed by atoms with van der Waals surface area (Å²) in [5.74, 6) is 1.23. The smallest absolute Gasteiger partial charge is 0.240 e. The highest BCUT2D eigenvalue weighted by Gasteiger charge is 2.32. The van der Waals surface area contributed by atoms with E-state index in [1.807, 2.05) is 0 Å². The molecule has 2 atom stereocenters. The summed E-state index contributed by atoms with van der Waals surface area (Å²) in [4.78, 5) is 6.26. The third-order valence-corrected chi connectivity index (χ3v) is 2.94. The van der Waals surface area contributed by atoms with Crippen molar-refractivity contribution < 1.29 is 14.4 Å². The Morgan fingerprint density at radius 2 is 2.44 bits per heavy atom. The van der Waals surface area contributed by atoms with Crippen LogP contribution in [-0.2, 0) is 11.3 Å². The van der Waals surface area contributed by atoms with Gasteiger partial charge in [0.1, 0.15) is 0 Å². The van der Waals surface area contributed by atoms with Crippen molar-refractivity contribution in [2.24, 2.45) is 0 Å². The summed E-state index contributed by atoms with van der Waals surface area (Å²) in [5.41, 5.74) is 0. The zero-order valence-electron chi connectivity index (χ0n) is 9.59. The first-order valence-electron chi connectivity index (χ1n) is 5.39. The molecule has 6 nitrogen and oxygen atoms in total. The molecule has 1 aliphatic rings. The summed E-state index contributed by atoms with van der Waals surface area (Å²) in [6, 6.07) is 0.122. The minimum atomic E-state index is 0.122. The number of likely N-dealkylation sites (tertiary alicyclic amines) is 1. The molecular formula is C10H17N3O3. The largest absolute Gasteiger partial charge is 0.395 e. The van der Waals surface area contributed by atoms with E-state index >= 15 is 0 Å². The lowest BCUT2D eigenvalue weighted by atomic mass is 10.2. The second-order valence-corrected chi connectivity index (χ2v) is 4.09. The molecule has 16 heavy (non-hydrogen) atoms. The van der Waals surface area contributed by atoms with E-state index in [2.05, 4.69) is 15.0 Å². The molecule has 1 saturated heterocycles. The maximum absolute atomic E-state index is 9.27. The van der Waals surface area contributed by atoms with Crippen LogP contribution < -0.4 is 0 Å². The first-order valence-corrected chi connectivity index (χ1v) is 5.39. The molecule has 2 heterocycles. The highest BCUT2D eigenvalue weighted by molar-refractivity contribution is 4.90. The summed E-state index contributed by atoms with van der Waals surface area (Å²) in [7, 11) is 1.69. The van der Waals surface area contributed by atoms with Crippen molar-refractivity contribution in [2.45, 2.75) is 32.0 Å². The molecule has 1 fully saturated rings. The number of aryl methyl sites for hydroxylation is 1. The number of hydrogen-bond acceptors (Lipinski definition) is 6. The molecule has 0 radical (unpaired) electrons. The number of methoxy groups -OCH3 is 1. The Balaban J connectivity index is 1.98. The van der Waals surface area contributed by atoms with Crippen LogP contribution in [0.15, 0.2) is 4.52 Å². The Bertz CT molecular complexity index is 342. The predicted molar refractivity (Wildman–Crippen MR) is 55.7 cm³/mol. The number of aromatic nitrogens is 2. The Labute approximate surface area is 94.2 Å². The quantitative estimate of drug-likeness (QED) is 0.778. The second kappa shape index (κ2) is 4.90. The maximum Gasteiger partial charge on any atom is 0.240 e. The summed E-state index contributed by atoms with van der Waals surface area (Å²) in [6.07, 6.45) is 1.03. The molecule has 0 spiro atoms. The molecular weight excluding hydrogens is 210 g/mol. The van der Waals surface area contributed by atoms with E-state index in [-0.39, 0.29) is 18.8 Å². The Morgan fingerprint density at radius 1 is 1.62 bits per heavy atom. The lowest BCUT2D eigenvalue weighted by Gasteiger charge is -2.19. The van der Waals surface area contributed by atoms with E-state index in [1.54, 1.807) is 14.0 Å². The van der Waals surface area contributed by atoms with Gasteiger partial charge in [-0.25, -0.2) is 0 Å². The summed E-state index contributed by atoms with van der Waals surface area (Å²) in [6.45, 7) is 3.29. The van der Waals surface area contributed by atoms with E-state index in [4.69, 9.17) is 9.26 Å². The van der Waals surface area contributed by atoms with Gasteiger partial charge in [-0.05, 0) is 13.3 Å². The SMILES string of the molecule is CO[C@@H]1C[C@@H](CO)N(Cc2nc(C)no2)C1. The van der Waals surface area contributed by atoms with Gasteiger partial charge in [-0.2, -0.15) is 4.98 Å². The van der Waals surface area contributed by atoms with E-state index < -0.39 is 0 Å². The number of nitrogens with zero attached hydrogens (tertiary/aromatic N) is 3. The van der Waals surface area contributed by atoms with Gasteiger partial charge < -0.3 is 14.4 Å². The summed E-state index contributed by atoms with van der Waals surface area (Å²) >= 11 is 0. The van der Waals surface area contributed by atoms with Gasteiger partial charge in [0.05, 0.1) is 19.3 Å². The third-order valence-electron chi connectivity index (χ3n) is 2.94. The molecule has 0 bridgehead atoms. The van der Waals surface area contributed by atoms with Crippen molar-refractivity contribution in [3.05, 3.63) is 11.7 Å². The second-order valence-electron chi connectivity index (χ2n) is 4.09. The minimum absolute atomic E-state index is 0.122. The molecule has 0 amide bonds. The first kappa shape index (κ1) is 11.5. The van der Waals surface area contributed by atoms with Gasteiger partial charge in [0.2, 0.25) is 5.89 Å². The Kier molecular flexibility index (Phi) is 3.52. The fourth-order valence-electron chi connectivity index (χ4n) is 2.07. The Hall–Kier alpha value is -0.980. The molecule has 1 aromatic rings. The zero-order valence-corrected chi connectivity index (χ0v) is 9.59. The monoisotopic (exact) mass is 227 g/mol. The van der Waals surface area contributed by atoms with Gasteiger partial charge in [0, 0.05) is 19.7 Å². The van der Waals surface area contributed by atoms with Crippen molar-refractivity contribution in [3.63, 3.8) is 0 Å². The van der Waals surface area contributed by atoms with E-state index in [0.29, 0.717) is 18.3 Å². The molecule has 1 aliphatic heterocycles. The molecule has 6 heteroatoms. The highest BCUT2D eigenvalue weighted by Crippen LogP contribution is 2.21. The molecule has 1 N–H and O–H groups in total. The van der Waals surface area contributed by atoms with Gasteiger partial charge in [-0.15, -0.1) is 0 Å². The number of aliphatic hydroxyl groups is 1. The summed E-state index contributed by atoms with van der Waals surface area (Å²) in [5, 5.41) is 13.0. The van der Waals surface area contributed by atoms with E-state index in [1.165, 1.54) is 0 Å². The van der Waals surface area contributed by atoms with Gasteiger partial charge in [-0.3, -0.25) is 4.90 Å². The number of hydrogen-bond donors (Lipinski definition) is 1. The highest BCUT2D eigenvalue weighted by atomic mass is 16.5. The number of ether oxygens (including phenoxy) is 1. The zero-order chi connectivity index (χ0) is 11.5. The van der Waals surface area contributed by atoms with Crippen LogP contribution in [0.3, 0.4) is 0 Å². The molecule has 1 aromatic heterocycles. The van der Waals surface area contributed by atoms with Crippen molar-refractivity contribution in [3.8, 4) is 0 Å². The van der Waals surface area contributed by atoms with E-state index in [0.717, 1.165) is 13.0 Å². The minimum Gasteiger partial charge on any atom is -0.395 e. The lowest BCUT2D eigenvalue weighted by molar-refractivity contribution is 0.104. The topological polar surface area (TPSA) is 71.6 Å². The fraction of sp³-hybridized carbons (Fsp3) is 0.800. The van der Waals surface area contributed by atoms with Gasteiger partial charge >= 0.3 is 0 Å². The van der Waals surface area contributed by atoms with Crippen LogP contribution in [0.5, 0.6) is 0 Å². The maximum atomic E-state index is 9.27. The molecule has 0 aromatic carbocycles. The van der Waals surface area contributed by atoms with Crippen LogP contribution in [0, 0.1) is 6.92 Å². The van der Waals surface area contributed by atoms with Crippen molar-refractivity contribution >= 4 is 0 Å². The van der Waals surface area contributed by atoms with Crippen LogP contribution >= 0.6 is 0 Å². The lowest BCUT2D eigenvalue weighted by Crippen LogP contribution is -2.32. The van der Waals surface area contributed by atoms with Crippen LogP contribution in [0.1, 0.15) is 18.1 Å². The molecule has 0 unspecified atom stereocenters. The molecule has 90 valence electrons. The average Bonchev–Trinajstić information content (AvgIpc) is 2.85. The Morgan fingerprint density at radius 3 is 3.00 bits per heavy atom. The van der Waals surface area contributed by atoms with Crippen molar-refractivity contribution in [1.29, 1.82) is 0 Å². The van der Waals surface area contributed by atoms with Gasteiger partial charge in [0.25, 0.3) is 0 Å². The fourth-order valence-corrected chi connectivity index (χ4v) is 2.07. The van der Waals surface area contributed by atoms with E-state index in [9.17, 15) is 5.11 Å². The average molecular weight is 227 g/mol. The predicted octanol–water partition coefficient (Wildman–Crippen LogP) is -0.0404. The van der Waals surface area contributed by atoms with Crippen LogP contribution in [0.4, 0.5) is 0 Å². The molecule has 0 saturated carbocycles. The number of aliphatic hydroxyl groups excluding tert-OH is 1. The first-order chi connectivity index (χ1) is 7.72. The summed E-state index contributed by atoms with van der Waals surface area (Å²) < 4.78 is 10.4. The van der Waals surface area contributed by atoms with Crippen LogP contribution in [0.25, 0.3) is 0 Å². The third kappa shape index (κ3) is 2.40. The van der Waals surface area contributed by atoms with Crippen LogP contribution in [0.2, 0.25) is 0 Å². The molecule has 2 rings (SSSR count). The van der Waals surface area contributed by atoms with Crippen molar-refractivity contribution in [2.75, 3.05) is 20.3 Å².